The van der Waals surface area contributed by atoms with Gasteiger partial charge >= 0.3 is 0 Å². The van der Waals surface area contributed by atoms with E-state index in [1.165, 1.54) is 27.8 Å². The average Bonchev–Trinajstić information content (AvgIpc) is 2.94. The molecule has 3 rings (SSSR count). The van der Waals surface area contributed by atoms with Crippen LogP contribution >= 0.6 is 0 Å². The Morgan fingerprint density at radius 3 is 2.89 bits per heavy atom. The minimum Gasteiger partial charge on any atom is -0.396 e. The number of carbonyl (C=O) groups excluding carboxylic acids is 1. The molecule has 0 fully saturated rings. The number of carbonyl (C=O) groups is 1. The summed E-state index contributed by atoms with van der Waals surface area (Å²) in [5.41, 5.74) is 11.4. The van der Waals surface area contributed by atoms with Crippen LogP contribution in [0.15, 0.2) is 18.6 Å². The number of tetrazole rings is 1. The van der Waals surface area contributed by atoms with Crippen molar-refractivity contribution in [1.82, 2.24) is 34.8 Å². The first-order valence-corrected chi connectivity index (χ1v) is 4.84. The first-order chi connectivity index (χ1) is 8.66. The lowest BCUT2D eigenvalue weighted by molar-refractivity contribution is 0.0996. The van der Waals surface area contributed by atoms with Crippen LogP contribution in [0.25, 0.3) is 11.5 Å². The molecule has 0 unspecified atom stereocenters. The average molecular weight is 245 g/mol. The van der Waals surface area contributed by atoms with Gasteiger partial charge in [0.2, 0.25) is 0 Å². The number of primary amides is 1. The Hall–Kier alpha value is -3.04. The number of aromatic nitrogens is 7. The number of nitrogens with zero attached hydrogens (tertiary/aromatic N) is 7. The molecule has 90 valence electrons. The molecule has 1 amide bonds. The molecule has 3 heterocycles. The van der Waals surface area contributed by atoms with Crippen LogP contribution in [0.5, 0.6) is 0 Å². The summed E-state index contributed by atoms with van der Waals surface area (Å²) < 4.78 is 2.75. The normalized spacial score (nSPS) is 10.9. The fourth-order valence-corrected chi connectivity index (χ4v) is 1.52. The van der Waals surface area contributed by atoms with Gasteiger partial charge in [0.25, 0.3) is 5.91 Å². The predicted molar refractivity (Wildman–Crippen MR) is 58.6 cm³/mol. The second-order valence-corrected chi connectivity index (χ2v) is 3.46. The highest BCUT2D eigenvalue weighted by Gasteiger charge is 2.14. The number of nitrogens with two attached hydrogens (primary N) is 2. The molecule has 18 heavy (non-hydrogen) atoms. The van der Waals surface area contributed by atoms with E-state index in [-0.39, 0.29) is 11.4 Å². The molecule has 0 saturated heterocycles. The summed E-state index contributed by atoms with van der Waals surface area (Å²) in [6, 6.07) is 0. The monoisotopic (exact) mass is 245 g/mol. The van der Waals surface area contributed by atoms with E-state index in [2.05, 4.69) is 25.6 Å². The number of hydrogen-bond donors (Lipinski definition) is 2. The van der Waals surface area contributed by atoms with Crippen molar-refractivity contribution in [1.29, 1.82) is 0 Å². The summed E-state index contributed by atoms with van der Waals surface area (Å²) in [5.74, 6) is -0.264. The number of rotatable bonds is 2. The number of amides is 1. The van der Waals surface area contributed by atoms with Crippen LogP contribution in [0.1, 0.15) is 10.5 Å². The second kappa shape index (κ2) is 3.48. The fourth-order valence-electron chi connectivity index (χ4n) is 1.52. The summed E-state index contributed by atoms with van der Waals surface area (Å²) in [4.78, 5) is 15.0. The zero-order chi connectivity index (χ0) is 12.7. The van der Waals surface area contributed by atoms with Gasteiger partial charge in [0.15, 0.2) is 17.2 Å². The van der Waals surface area contributed by atoms with Crippen molar-refractivity contribution in [2.24, 2.45) is 5.73 Å². The minimum absolute atomic E-state index is 0.0138. The van der Waals surface area contributed by atoms with E-state index >= 15 is 0 Å². The topological polar surface area (TPSA) is 143 Å². The van der Waals surface area contributed by atoms with Crippen molar-refractivity contribution < 1.29 is 4.79 Å². The molecule has 3 aromatic rings. The van der Waals surface area contributed by atoms with Gasteiger partial charge in [0, 0.05) is 0 Å². The molecule has 0 atom stereocenters. The van der Waals surface area contributed by atoms with Crippen LogP contribution < -0.4 is 11.5 Å². The number of nitrogen functional groups attached to an aromatic ring is 1. The van der Waals surface area contributed by atoms with Crippen molar-refractivity contribution in [3.8, 4) is 5.82 Å². The Morgan fingerprint density at radius 1 is 1.33 bits per heavy atom. The fraction of sp³-hybridized carbons (Fsp3) is 0. The molecule has 0 aromatic carbocycles. The maximum atomic E-state index is 11.1. The Morgan fingerprint density at radius 2 is 2.17 bits per heavy atom. The van der Waals surface area contributed by atoms with E-state index in [9.17, 15) is 4.79 Å². The third-order valence-corrected chi connectivity index (χ3v) is 2.30. The first-order valence-electron chi connectivity index (χ1n) is 4.84. The maximum absolute atomic E-state index is 11.1. The van der Waals surface area contributed by atoms with E-state index in [4.69, 9.17) is 11.5 Å². The van der Waals surface area contributed by atoms with Crippen molar-refractivity contribution >= 4 is 17.2 Å². The maximum Gasteiger partial charge on any atom is 0.271 e. The lowest BCUT2D eigenvalue weighted by Gasteiger charge is -2.00. The standard InChI is InChI=1S/C8H7N9O/c9-4-3-16(13-7(4)8(10)18)6-2-11-1-5-12-14-15-17(5)6/h1-3H,9H2,(H2,10,18). The first kappa shape index (κ1) is 10.1. The second-order valence-electron chi connectivity index (χ2n) is 3.46. The van der Waals surface area contributed by atoms with Gasteiger partial charge in [-0.1, -0.05) is 0 Å². The largest absolute Gasteiger partial charge is 0.396 e. The molecule has 0 radical (unpaired) electrons. The van der Waals surface area contributed by atoms with E-state index in [1.807, 2.05) is 0 Å². The van der Waals surface area contributed by atoms with E-state index in [1.54, 1.807) is 0 Å². The summed E-state index contributed by atoms with van der Waals surface area (Å²) in [6.07, 6.45) is 4.42. The lowest BCUT2D eigenvalue weighted by Crippen LogP contribution is -2.14. The molecule has 0 saturated carbocycles. The van der Waals surface area contributed by atoms with E-state index < -0.39 is 5.91 Å². The van der Waals surface area contributed by atoms with Gasteiger partial charge in [0.05, 0.1) is 24.3 Å². The van der Waals surface area contributed by atoms with Gasteiger partial charge in [0.1, 0.15) is 0 Å². The van der Waals surface area contributed by atoms with Crippen LogP contribution in [0.3, 0.4) is 0 Å². The number of hydrogen-bond acceptors (Lipinski definition) is 7. The molecule has 0 spiro atoms. The molecule has 4 N–H and O–H groups in total. The molecular weight excluding hydrogens is 238 g/mol. The minimum atomic E-state index is -0.705. The predicted octanol–water partition coefficient (Wildman–Crippen LogP) is -1.61. The van der Waals surface area contributed by atoms with Crippen molar-refractivity contribution in [3.05, 3.63) is 24.3 Å². The van der Waals surface area contributed by atoms with Gasteiger partial charge in [-0.2, -0.15) is 9.61 Å². The number of anilines is 1. The van der Waals surface area contributed by atoms with Crippen molar-refractivity contribution in [3.63, 3.8) is 0 Å². The van der Waals surface area contributed by atoms with Gasteiger partial charge in [-0.15, -0.1) is 5.10 Å². The van der Waals surface area contributed by atoms with Crippen LogP contribution in [-0.2, 0) is 0 Å². The lowest BCUT2D eigenvalue weighted by atomic mass is 10.4. The summed E-state index contributed by atoms with van der Waals surface area (Å²) in [7, 11) is 0. The highest BCUT2D eigenvalue weighted by atomic mass is 16.1. The quantitative estimate of drug-likeness (QED) is 0.552. The Kier molecular flexibility index (Phi) is 1.96. The van der Waals surface area contributed by atoms with Crippen molar-refractivity contribution in [2.75, 3.05) is 5.73 Å². The number of fused-ring (bicyclic) bond motifs is 1. The summed E-state index contributed by atoms with van der Waals surface area (Å²) in [6.45, 7) is 0. The molecule has 0 bridgehead atoms. The molecule has 0 aliphatic carbocycles. The molecule has 3 aromatic heterocycles. The van der Waals surface area contributed by atoms with Crippen LogP contribution in [0, 0.1) is 0 Å². The Labute approximate surface area is 99.2 Å². The summed E-state index contributed by atoms with van der Waals surface area (Å²) >= 11 is 0. The van der Waals surface area contributed by atoms with Gasteiger partial charge in [-0.25, -0.2) is 4.68 Å². The van der Waals surface area contributed by atoms with Gasteiger partial charge < -0.3 is 11.5 Å². The zero-order valence-corrected chi connectivity index (χ0v) is 8.93. The Bertz CT molecular complexity index is 742. The van der Waals surface area contributed by atoms with Gasteiger partial charge in [-0.05, 0) is 10.4 Å². The molecule has 10 nitrogen and oxygen atoms in total. The molecule has 0 aliphatic rings. The highest BCUT2D eigenvalue weighted by Crippen LogP contribution is 2.13. The third-order valence-electron chi connectivity index (χ3n) is 2.30. The van der Waals surface area contributed by atoms with Crippen LogP contribution in [0.2, 0.25) is 0 Å². The zero-order valence-electron chi connectivity index (χ0n) is 8.93. The van der Waals surface area contributed by atoms with E-state index in [0.29, 0.717) is 11.5 Å². The molecule has 10 heteroatoms. The summed E-state index contributed by atoms with van der Waals surface area (Å²) in [5, 5.41) is 15.0. The SMILES string of the molecule is NC(=O)c1nn(-c2cncc3nnnn23)cc1N. The smallest absolute Gasteiger partial charge is 0.271 e. The van der Waals surface area contributed by atoms with Gasteiger partial charge in [-0.3, -0.25) is 9.78 Å². The van der Waals surface area contributed by atoms with Crippen LogP contribution in [-0.4, -0.2) is 40.7 Å². The third kappa shape index (κ3) is 1.36. The molecule has 0 aliphatic heterocycles. The van der Waals surface area contributed by atoms with Crippen molar-refractivity contribution in [2.45, 2.75) is 0 Å². The highest BCUT2D eigenvalue weighted by molar-refractivity contribution is 5.95. The Balaban J connectivity index is 2.23. The van der Waals surface area contributed by atoms with Crippen LogP contribution in [0.4, 0.5) is 5.69 Å². The molecular formula is C8H7N9O. The van der Waals surface area contributed by atoms with E-state index in [0.717, 1.165) is 0 Å².